The molecule has 242 valence electrons. The van der Waals surface area contributed by atoms with Crippen LogP contribution in [0.15, 0.2) is 23.8 Å². The van der Waals surface area contributed by atoms with Crippen molar-refractivity contribution in [1.29, 1.82) is 0 Å². The number of carbonyl (C=O) groups excluding carboxylic acids is 4. The maximum absolute atomic E-state index is 13.1. The molecule has 0 aromatic carbocycles. The molecule has 2 aliphatic rings. The van der Waals surface area contributed by atoms with Crippen LogP contribution < -0.4 is 11.1 Å². The molecule has 0 aliphatic carbocycles. The number of aliphatic hydroxyl groups excluding tert-OH is 2. The van der Waals surface area contributed by atoms with Crippen molar-refractivity contribution in [3.63, 3.8) is 0 Å². The van der Waals surface area contributed by atoms with E-state index in [1.807, 2.05) is 6.08 Å². The van der Waals surface area contributed by atoms with Crippen molar-refractivity contribution < 1.29 is 48.8 Å². The summed E-state index contributed by atoms with van der Waals surface area (Å²) in [6.07, 6.45) is 2.96. The van der Waals surface area contributed by atoms with Crippen molar-refractivity contribution in [1.82, 2.24) is 5.32 Å². The van der Waals surface area contributed by atoms with Gasteiger partial charge in [0.2, 0.25) is 11.8 Å². The van der Waals surface area contributed by atoms with Crippen molar-refractivity contribution in [2.24, 2.45) is 23.5 Å². The van der Waals surface area contributed by atoms with E-state index in [1.54, 1.807) is 32.9 Å². The third-order valence-corrected chi connectivity index (χ3v) is 9.25. The number of imide groups is 1. The lowest BCUT2D eigenvalue weighted by Crippen LogP contribution is -2.41. The number of ketones is 1. The third-order valence-electron chi connectivity index (χ3n) is 7.83. The van der Waals surface area contributed by atoms with E-state index in [1.165, 1.54) is 18.9 Å². The Morgan fingerprint density at radius 3 is 2.49 bits per heavy atom. The number of ether oxygens (including phenoxy) is 2. The molecule has 0 radical (unpaired) electrons. The van der Waals surface area contributed by atoms with E-state index in [4.69, 9.17) is 20.3 Å². The van der Waals surface area contributed by atoms with Gasteiger partial charge in [-0.15, -0.1) is 0 Å². The summed E-state index contributed by atoms with van der Waals surface area (Å²) in [5.41, 5.74) is 6.19. The van der Waals surface area contributed by atoms with Crippen LogP contribution >= 0.6 is 11.8 Å². The molecular weight excluding hydrogens is 580 g/mol. The van der Waals surface area contributed by atoms with Crippen LogP contribution in [0.3, 0.4) is 0 Å². The first-order valence-corrected chi connectivity index (χ1v) is 15.6. The van der Waals surface area contributed by atoms with E-state index in [9.17, 15) is 34.2 Å². The van der Waals surface area contributed by atoms with Crippen LogP contribution in [-0.2, 0) is 33.4 Å². The Bertz CT molecular complexity index is 1050. The molecule has 2 heterocycles. The molecule has 8 atom stereocenters. The van der Waals surface area contributed by atoms with Gasteiger partial charge in [-0.05, 0) is 37.7 Å². The maximum Gasteiger partial charge on any atom is 0.321 e. The summed E-state index contributed by atoms with van der Waals surface area (Å²) >= 11 is 1.29. The molecule has 0 saturated carbocycles. The van der Waals surface area contributed by atoms with Crippen LogP contribution in [0, 0.1) is 17.8 Å². The summed E-state index contributed by atoms with van der Waals surface area (Å²) in [4.78, 5) is 60.5. The molecule has 1 fully saturated rings. The number of nitrogens with two attached hydrogens (primary N) is 1. The number of cyclic esters (lactones) is 1. The van der Waals surface area contributed by atoms with Gasteiger partial charge < -0.3 is 30.5 Å². The van der Waals surface area contributed by atoms with Gasteiger partial charge in [0.15, 0.2) is 0 Å². The predicted molar refractivity (Wildman–Crippen MR) is 160 cm³/mol. The van der Waals surface area contributed by atoms with Gasteiger partial charge in [0.05, 0.1) is 18.6 Å². The highest BCUT2D eigenvalue weighted by molar-refractivity contribution is 8.00. The number of rotatable bonds is 12. The second-order valence-corrected chi connectivity index (χ2v) is 12.9. The number of carbonyl (C=O) groups is 5. The fourth-order valence-electron chi connectivity index (χ4n) is 5.36. The van der Waals surface area contributed by atoms with E-state index in [2.05, 4.69) is 5.32 Å². The molecule has 0 spiro atoms. The van der Waals surface area contributed by atoms with Crippen molar-refractivity contribution in [3.8, 4) is 0 Å². The Balaban J connectivity index is 2.17. The highest BCUT2D eigenvalue weighted by Crippen LogP contribution is 2.29. The number of carboxylic acid groups (broad SMARTS) is 1. The number of thioether (sulfide) groups is 1. The average molecular weight is 627 g/mol. The Kier molecular flexibility index (Phi) is 15.0. The summed E-state index contributed by atoms with van der Waals surface area (Å²) in [7, 11) is 1.47. The standard InChI is InChI=1S/C30H46N2O10S/c1-16(23(34)13-20(33)10-19-11-25(35)32-26(36)12-19)9-17(2)29-18(3)28(38)24(41-4)8-6-5-7-21(14-27(37)42-29)43-15-22(31)30(39)40/h6,8-9,16,18-22,24,28-29,33,38H,5,7,10-15,31H2,1-4H3,(H,39,40)(H,32,35,36). The topological polar surface area (TPSA) is 203 Å². The van der Waals surface area contributed by atoms with E-state index in [0.717, 1.165) is 0 Å². The summed E-state index contributed by atoms with van der Waals surface area (Å²) in [6, 6.07) is -1.06. The summed E-state index contributed by atoms with van der Waals surface area (Å²) in [6.45, 7) is 5.09. The first kappa shape index (κ1) is 36.6. The first-order chi connectivity index (χ1) is 20.2. The molecule has 2 aliphatic heterocycles. The minimum Gasteiger partial charge on any atom is -0.480 e. The minimum absolute atomic E-state index is 0.00746. The average Bonchev–Trinajstić information content (AvgIpc) is 2.92. The van der Waals surface area contributed by atoms with Gasteiger partial charge in [0.1, 0.15) is 24.0 Å². The fraction of sp³-hybridized carbons (Fsp3) is 0.700. The Hall–Kier alpha value is -2.58. The zero-order chi connectivity index (χ0) is 32.3. The number of esters is 1. The molecule has 2 rings (SSSR count). The van der Waals surface area contributed by atoms with Crippen LogP contribution in [0.25, 0.3) is 0 Å². The van der Waals surface area contributed by atoms with Gasteiger partial charge in [-0.2, -0.15) is 11.8 Å². The van der Waals surface area contributed by atoms with Gasteiger partial charge in [-0.1, -0.05) is 32.1 Å². The van der Waals surface area contributed by atoms with Crippen molar-refractivity contribution in [3.05, 3.63) is 23.8 Å². The number of hydrogen-bond donors (Lipinski definition) is 5. The number of piperidine rings is 1. The number of carboxylic acids is 1. The van der Waals surface area contributed by atoms with Crippen LogP contribution in [0.2, 0.25) is 0 Å². The van der Waals surface area contributed by atoms with Crippen LogP contribution in [0.4, 0.5) is 0 Å². The van der Waals surface area contributed by atoms with Crippen molar-refractivity contribution in [2.45, 2.75) is 101 Å². The lowest BCUT2D eigenvalue weighted by molar-refractivity contribution is -0.153. The van der Waals surface area contributed by atoms with Crippen LogP contribution in [0.1, 0.15) is 65.7 Å². The third kappa shape index (κ3) is 12.1. The van der Waals surface area contributed by atoms with Crippen molar-refractivity contribution >= 4 is 41.3 Å². The zero-order valence-corrected chi connectivity index (χ0v) is 26.1. The lowest BCUT2D eigenvalue weighted by atomic mass is 9.86. The van der Waals surface area contributed by atoms with Crippen LogP contribution in [0.5, 0.6) is 0 Å². The highest BCUT2D eigenvalue weighted by Gasteiger charge is 2.35. The molecule has 8 unspecified atom stereocenters. The monoisotopic (exact) mass is 626 g/mol. The Morgan fingerprint density at radius 2 is 1.88 bits per heavy atom. The Labute approximate surface area is 256 Å². The zero-order valence-electron chi connectivity index (χ0n) is 25.3. The van der Waals surface area contributed by atoms with E-state index < -0.39 is 66.0 Å². The molecule has 13 heteroatoms. The Morgan fingerprint density at radius 1 is 1.23 bits per heavy atom. The number of Topliss-reactive ketones (excluding diaryl/α,β-unsaturated/α-hetero) is 1. The molecule has 1 saturated heterocycles. The first-order valence-electron chi connectivity index (χ1n) is 14.6. The molecule has 0 aromatic rings. The smallest absolute Gasteiger partial charge is 0.321 e. The number of allylic oxidation sites excluding steroid dienone is 2. The molecule has 12 nitrogen and oxygen atoms in total. The molecule has 2 amide bonds. The number of methoxy groups -OCH3 is 1. The van der Waals surface area contributed by atoms with Gasteiger partial charge in [-0.25, -0.2) is 0 Å². The maximum atomic E-state index is 13.1. The number of aliphatic hydroxyl groups is 2. The number of hydrogen-bond acceptors (Lipinski definition) is 11. The summed E-state index contributed by atoms with van der Waals surface area (Å²) in [5.74, 6) is -4.19. The van der Waals surface area contributed by atoms with Crippen LogP contribution in [-0.4, -0.2) is 93.4 Å². The van der Waals surface area contributed by atoms with Crippen molar-refractivity contribution in [2.75, 3.05) is 12.9 Å². The van der Waals surface area contributed by atoms with Gasteiger partial charge in [0.25, 0.3) is 0 Å². The van der Waals surface area contributed by atoms with Gasteiger partial charge >= 0.3 is 11.9 Å². The molecule has 0 bridgehead atoms. The van der Waals surface area contributed by atoms with Gasteiger partial charge in [0, 0.05) is 49.2 Å². The van der Waals surface area contributed by atoms with E-state index >= 15 is 0 Å². The van der Waals surface area contributed by atoms with E-state index in [0.29, 0.717) is 18.4 Å². The normalized spacial score (nSPS) is 28.6. The quantitative estimate of drug-likeness (QED) is 0.119. The fourth-order valence-corrected chi connectivity index (χ4v) is 6.54. The summed E-state index contributed by atoms with van der Waals surface area (Å²) in [5, 5.41) is 32.7. The highest BCUT2D eigenvalue weighted by atomic mass is 32.2. The molecular formula is C30H46N2O10S. The number of nitrogens with one attached hydrogen (secondary N) is 1. The molecule has 6 N–H and O–H groups in total. The molecule has 43 heavy (non-hydrogen) atoms. The number of aliphatic carboxylic acids is 1. The summed E-state index contributed by atoms with van der Waals surface area (Å²) < 4.78 is 11.4. The SMILES string of the molecule is COC1C=CCCC(SCC(N)C(=O)O)CC(=O)OC(C(C)=CC(C)C(=O)CC(O)CC2CC(=O)NC(=O)C2)C(C)C1O. The largest absolute Gasteiger partial charge is 0.480 e. The minimum atomic E-state index is -1.12. The second-order valence-electron chi connectivity index (χ2n) is 11.6. The molecule has 0 aromatic heterocycles. The van der Waals surface area contributed by atoms with Gasteiger partial charge in [-0.3, -0.25) is 29.3 Å². The number of amides is 2. The van der Waals surface area contributed by atoms with E-state index in [-0.39, 0.29) is 54.8 Å². The lowest BCUT2D eigenvalue weighted by Gasteiger charge is -2.32. The predicted octanol–water partition coefficient (Wildman–Crippen LogP) is 1.51. The second kappa shape index (κ2) is 17.6.